The lowest BCUT2D eigenvalue weighted by Crippen LogP contribution is -2.26. The topological polar surface area (TPSA) is 29.1 Å². The number of rotatable bonds is 3. The number of alkyl halides is 1. The number of hydrogen-bond donors (Lipinski definition) is 1. The lowest BCUT2D eigenvalue weighted by Gasteiger charge is -2.10. The van der Waals surface area contributed by atoms with Gasteiger partial charge < -0.3 is 5.32 Å². The van der Waals surface area contributed by atoms with Crippen LogP contribution in [-0.4, -0.2) is 12.5 Å². The molecule has 1 aromatic rings. The molecule has 5 heteroatoms. The zero-order valence-electron chi connectivity index (χ0n) is 8.06. The summed E-state index contributed by atoms with van der Waals surface area (Å²) in [7, 11) is 0. The summed E-state index contributed by atoms with van der Waals surface area (Å²) in [4.78, 5) is 11.4. The van der Waals surface area contributed by atoms with Crippen LogP contribution in [0.5, 0.6) is 0 Å². The average Bonchev–Trinajstić information content (AvgIpc) is 2.21. The predicted octanol–water partition coefficient (Wildman–Crippen LogP) is 2.90. The highest BCUT2D eigenvalue weighted by atomic mass is 35.5. The van der Waals surface area contributed by atoms with Gasteiger partial charge in [-0.05, 0) is 25.1 Å². The van der Waals surface area contributed by atoms with Gasteiger partial charge in [0.05, 0.1) is 0 Å². The van der Waals surface area contributed by atoms with Crippen LogP contribution in [0, 0.1) is 5.82 Å². The maximum Gasteiger partial charge on any atom is 0.242 e. The molecule has 0 bridgehead atoms. The molecule has 0 saturated heterocycles. The lowest BCUT2D eigenvalue weighted by atomic mass is 10.1. The van der Waals surface area contributed by atoms with E-state index in [-0.39, 0.29) is 5.56 Å². The van der Waals surface area contributed by atoms with Gasteiger partial charge in [-0.25, -0.2) is 4.39 Å². The van der Waals surface area contributed by atoms with Crippen molar-refractivity contribution in [3.63, 3.8) is 0 Å². The molecule has 1 aromatic carbocycles. The number of halogens is 3. The van der Waals surface area contributed by atoms with Gasteiger partial charge in [-0.15, -0.1) is 11.6 Å². The van der Waals surface area contributed by atoms with Gasteiger partial charge in [0, 0.05) is 17.1 Å². The summed E-state index contributed by atoms with van der Waals surface area (Å²) < 4.78 is 13.3. The Morgan fingerprint density at radius 3 is 2.87 bits per heavy atom. The minimum Gasteiger partial charge on any atom is -0.355 e. The Morgan fingerprint density at radius 1 is 1.60 bits per heavy atom. The van der Waals surface area contributed by atoms with Crippen LogP contribution in [0.1, 0.15) is 17.9 Å². The highest BCUT2D eigenvalue weighted by Gasteiger charge is 2.20. The lowest BCUT2D eigenvalue weighted by molar-refractivity contribution is -0.120. The Morgan fingerprint density at radius 2 is 2.27 bits per heavy atom. The number of carbonyl (C=O) groups excluding carboxylic acids is 1. The zero-order chi connectivity index (χ0) is 11.4. The van der Waals surface area contributed by atoms with E-state index in [2.05, 4.69) is 5.32 Å². The first-order valence-electron chi connectivity index (χ1n) is 4.43. The Kier molecular flexibility index (Phi) is 4.36. The Labute approximate surface area is 97.4 Å². The van der Waals surface area contributed by atoms with Crippen molar-refractivity contribution in [2.24, 2.45) is 0 Å². The first-order chi connectivity index (χ1) is 7.06. The quantitative estimate of drug-likeness (QED) is 0.821. The van der Waals surface area contributed by atoms with Crippen LogP contribution in [-0.2, 0) is 4.79 Å². The van der Waals surface area contributed by atoms with Gasteiger partial charge in [-0.1, -0.05) is 11.6 Å². The van der Waals surface area contributed by atoms with Crippen molar-refractivity contribution >= 4 is 29.1 Å². The molecule has 0 aromatic heterocycles. The predicted molar refractivity (Wildman–Crippen MR) is 58.7 cm³/mol. The second-order valence-corrected chi connectivity index (χ2v) is 3.80. The van der Waals surface area contributed by atoms with Crippen molar-refractivity contribution in [2.75, 3.05) is 6.54 Å². The van der Waals surface area contributed by atoms with Crippen molar-refractivity contribution in [2.45, 2.75) is 12.3 Å². The second kappa shape index (κ2) is 5.33. The molecule has 1 N–H and O–H groups in total. The zero-order valence-corrected chi connectivity index (χ0v) is 9.57. The number of carbonyl (C=O) groups is 1. The monoisotopic (exact) mass is 249 g/mol. The highest BCUT2D eigenvalue weighted by molar-refractivity contribution is 6.32. The van der Waals surface area contributed by atoms with Gasteiger partial charge in [-0.2, -0.15) is 0 Å². The van der Waals surface area contributed by atoms with E-state index in [4.69, 9.17) is 23.2 Å². The Balaban J connectivity index is 2.94. The van der Waals surface area contributed by atoms with Crippen LogP contribution < -0.4 is 5.32 Å². The fourth-order valence-corrected chi connectivity index (χ4v) is 1.54. The number of benzene rings is 1. The van der Waals surface area contributed by atoms with Gasteiger partial charge in [0.1, 0.15) is 11.2 Å². The van der Waals surface area contributed by atoms with Gasteiger partial charge in [-0.3, -0.25) is 4.79 Å². The number of nitrogens with one attached hydrogen (secondary N) is 1. The van der Waals surface area contributed by atoms with Crippen molar-refractivity contribution < 1.29 is 9.18 Å². The molecule has 1 rings (SSSR count). The highest BCUT2D eigenvalue weighted by Crippen LogP contribution is 2.26. The molecule has 2 nitrogen and oxygen atoms in total. The Hall–Kier alpha value is -0.800. The van der Waals surface area contributed by atoms with Crippen LogP contribution in [0.4, 0.5) is 4.39 Å². The van der Waals surface area contributed by atoms with E-state index in [1.54, 1.807) is 6.92 Å². The van der Waals surface area contributed by atoms with Crippen molar-refractivity contribution in [3.05, 3.63) is 34.6 Å². The summed E-state index contributed by atoms with van der Waals surface area (Å²) >= 11 is 11.5. The minimum atomic E-state index is -1.05. The van der Waals surface area contributed by atoms with Crippen LogP contribution in [0.25, 0.3) is 0 Å². The summed E-state index contributed by atoms with van der Waals surface area (Å²) in [5.41, 5.74) is 0.0927. The van der Waals surface area contributed by atoms with Crippen LogP contribution in [0.2, 0.25) is 5.02 Å². The van der Waals surface area contributed by atoms with E-state index in [0.29, 0.717) is 11.6 Å². The molecule has 0 aliphatic carbocycles. The number of amides is 1. The SMILES string of the molecule is CCNC(=O)C(Cl)c1cc(Cl)ccc1F. The largest absolute Gasteiger partial charge is 0.355 e. The molecule has 0 heterocycles. The fraction of sp³-hybridized carbons (Fsp3) is 0.300. The normalized spacial score (nSPS) is 12.3. The van der Waals surface area contributed by atoms with E-state index < -0.39 is 17.1 Å². The molecule has 0 radical (unpaired) electrons. The molecule has 1 amide bonds. The molecule has 1 unspecified atom stereocenters. The van der Waals surface area contributed by atoms with Crippen LogP contribution in [0.15, 0.2) is 18.2 Å². The van der Waals surface area contributed by atoms with Crippen molar-refractivity contribution in [1.29, 1.82) is 0 Å². The molecule has 15 heavy (non-hydrogen) atoms. The maximum atomic E-state index is 13.3. The molecular weight excluding hydrogens is 240 g/mol. The number of likely N-dealkylation sites (N-methyl/N-ethyl adjacent to an activating group) is 1. The summed E-state index contributed by atoms with van der Waals surface area (Å²) in [6.07, 6.45) is 0. The van der Waals surface area contributed by atoms with E-state index in [1.807, 2.05) is 0 Å². The van der Waals surface area contributed by atoms with Crippen molar-refractivity contribution in [3.8, 4) is 0 Å². The second-order valence-electron chi connectivity index (χ2n) is 2.92. The molecular formula is C10H10Cl2FNO. The van der Waals surface area contributed by atoms with Gasteiger partial charge in [0.2, 0.25) is 5.91 Å². The molecule has 0 spiro atoms. The molecule has 0 aliphatic rings. The summed E-state index contributed by atoms with van der Waals surface area (Å²) in [5.74, 6) is -0.967. The standard InChI is InChI=1S/C10H10Cl2FNO/c1-2-14-10(15)9(12)7-5-6(11)3-4-8(7)13/h3-5,9H,2H2,1H3,(H,14,15). The van der Waals surface area contributed by atoms with E-state index in [9.17, 15) is 9.18 Å². The van der Waals surface area contributed by atoms with Crippen molar-refractivity contribution in [1.82, 2.24) is 5.32 Å². The molecule has 1 atom stereocenters. The molecule has 0 fully saturated rings. The fourth-order valence-electron chi connectivity index (χ4n) is 1.11. The molecule has 0 aliphatic heterocycles. The first kappa shape index (κ1) is 12.3. The van der Waals surface area contributed by atoms with Crippen LogP contribution in [0.3, 0.4) is 0 Å². The van der Waals surface area contributed by atoms with E-state index in [1.165, 1.54) is 18.2 Å². The number of hydrogen-bond acceptors (Lipinski definition) is 1. The average molecular weight is 250 g/mol. The third kappa shape index (κ3) is 3.08. The first-order valence-corrected chi connectivity index (χ1v) is 5.24. The third-order valence-corrected chi connectivity index (χ3v) is 2.48. The van der Waals surface area contributed by atoms with Crippen LogP contribution >= 0.6 is 23.2 Å². The van der Waals surface area contributed by atoms with E-state index >= 15 is 0 Å². The van der Waals surface area contributed by atoms with Gasteiger partial charge in [0.25, 0.3) is 0 Å². The minimum absolute atomic E-state index is 0.0927. The van der Waals surface area contributed by atoms with Gasteiger partial charge >= 0.3 is 0 Å². The van der Waals surface area contributed by atoms with E-state index in [0.717, 1.165) is 0 Å². The molecule has 82 valence electrons. The molecule has 0 saturated carbocycles. The van der Waals surface area contributed by atoms with Gasteiger partial charge in [0.15, 0.2) is 0 Å². The maximum absolute atomic E-state index is 13.3. The summed E-state index contributed by atoms with van der Waals surface area (Å²) in [6, 6.07) is 3.94. The summed E-state index contributed by atoms with van der Waals surface area (Å²) in [5, 5.41) is 1.81. The smallest absolute Gasteiger partial charge is 0.242 e. The summed E-state index contributed by atoms with van der Waals surface area (Å²) in [6.45, 7) is 2.21. The third-order valence-electron chi connectivity index (χ3n) is 1.81. The Bertz CT molecular complexity index is 370.